The maximum Gasteiger partial charge on any atom is 0.410 e. The van der Waals surface area contributed by atoms with Crippen molar-refractivity contribution in [1.29, 1.82) is 0 Å². The quantitative estimate of drug-likeness (QED) is 0.472. The van der Waals surface area contributed by atoms with Gasteiger partial charge < -0.3 is 14.6 Å². The molecule has 1 amide bonds. The Bertz CT molecular complexity index is 1170. The first-order valence-electron chi connectivity index (χ1n) is 10.5. The number of hydrogen-bond acceptors (Lipinski definition) is 6. The lowest BCUT2D eigenvalue weighted by Crippen LogP contribution is -2.54. The number of hydrogen-bond donors (Lipinski definition) is 2. The Hall–Kier alpha value is -2.78. The normalized spacial score (nSPS) is 19.9. The molecular formula is C22H24N4O5S2. The fourth-order valence-electron chi connectivity index (χ4n) is 3.69. The second-order valence-electron chi connectivity index (χ2n) is 7.77. The van der Waals surface area contributed by atoms with E-state index < -0.39 is 27.3 Å². The van der Waals surface area contributed by atoms with E-state index >= 15 is 0 Å². The van der Waals surface area contributed by atoms with Gasteiger partial charge in [-0.25, -0.2) is 18.2 Å². The maximum absolute atomic E-state index is 13.2. The molecule has 0 bridgehead atoms. The van der Waals surface area contributed by atoms with E-state index in [9.17, 15) is 17.8 Å². The molecule has 2 N–H and O–H groups in total. The number of benzene rings is 1. The van der Waals surface area contributed by atoms with Gasteiger partial charge >= 0.3 is 6.09 Å². The van der Waals surface area contributed by atoms with Crippen LogP contribution in [0.1, 0.15) is 19.8 Å². The van der Waals surface area contributed by atoms with Gasteiger partial charge in [-0.3, -0.25) is 5.32 Å². The summed E-state index contributed by atoms with van der Waals surface area (Å²) >= 11 is -0.970. The van der Waals surface area contributed by atoms with Gasteiger partial charge in [-0.2, -0.15) is 4.31 Å². The number of carbonyl (C=O) groups is 1. The first-order chi connectivity index (χ1) is 15.8. The van der Waals surface area contributed by atoms with Crippen molar-refractivity contribution < 1.29 is 22.9 Å². The zero-order chi connectivity index (χ0) is 23.6. The SMILES string of the molecule is CC#C[C@H]1CN(S(=O)(=O)c2ccc(NC(=O)O)nc2)CCN1c1ccc([S+]([O-])C2CC2)cc1. The van der Waals surface area contributed by atoms with E-state index in [4.69, 9.17) is 5.11 Å². The average Bonchev–Trinajstić information content (AvgIpc) is 3.64. The van der Waals surface area contributed by atoms with Crippen LogP contribution in [0.4, 0.5) is 16.3 Å². The number of carboxylic acid groups (broad SMARTS) is 1. The molecule has 2 aliphatic rings. The summed E-state index contributed by atoms with van der Waals surface area (Å²) in [6.45, 7) is 2.59. The number of piperazine rings is 1. The summed E-state index contributed by atoms with van der Waals surface area (Å²) in [5.41, 5.74) is 0.905. The van der Waals surface area contributed by atoms with Crippen molar-refractivity contribution in [3.63, 3.8) is 0 Å². The Kier molecular flexibility index (Phi) is 6.81. The van der Waals surface area contributed by atoms with Crippen LogP contribution in [0, 0.1) is 11.8 Å². The van der Waals surface area contributed by atoms with Gasteiger partial charge in [0, 0.05) is 44.4 Å². The predicted octanol–water partition coefficient (Wildman–Crippen LogP) is 2.34. The number of pyridine rings is 1. The Balaban J connectivity index is 1.50. The third-order valence-electron chi connectivity index (χ3n) is 5.49. The lowest BCUT2D eigenvalue weighted by atomic mass is 10.1. The molecule has 9 nitrogen and oxygen atoms in total. The third-order valence-corrected chi connectivity index (χ3v) is 9.15. The topological polar surface area (TPSA) is 126 Å². The van der Waals surface area contributed by atoms with Crippen LogP contribution >= 0.6 is 0 Å². The highest BCUT2D eigenvalue weighted by Gasteiger charge is 2.36. The molecule has 2 fully saturated rings. The summed E-state index contributed by atoms with van der Waals surface area (Å²) in [6, 6.07) is 9.89. The van der Waals surface area contributed by atoms with Crippen LogP contribution in [-0.4, -0.2) is 64.4 Å². The molecular weight excluding hydrogens is 464 g/mol. The van der Waals surface area contributed by atoms with Crippen LogP contribution < -0.4 is 10.2 Å². The van der Waals surface area contributed by atoms with Crippen molar-refractivity contribution in [3.05, 3.63) is 42.6 Å². The number of rotatable bonds is 6. The largest absolute Gasteiger partial charge is 0.611 e. The second-order valence-corrected chi connectivity index (χ2v) is 11.4. The van der Waals surface area contributed by atoms with Crippen molar-refractivity contribution in [3.8, 4) is 11.8 Å². The summed E-state index contributed by atoms with van der Waals surface area (Å²) in [6.07, 6.45) is 1.88. The van der Waals surface area contributed by atoms with E-state index in [-0.39, 0.29) is 35.1 Å². The summed E-state index contributed by atoms with van der Waals surface area (Å²) in [5, 5.41) is 11.1. The van der Waals surface area contributed by atoms with Crippen molar-refractivity contribution in [2.24, 2.45) is 0 Å². The van der Waals surface area contributed by atoms with Gasteiger partial charge in [0.25, 0.3) is 0 Å². The lowest BCUT2D eigenvalue weighted by Gasteiger charge is -2.39. The summed E-state index contributed by atoms with van der Waals surface area (Å²) < 4.78 is 40.1. The predicted molar refractivity (Wildman–Crippen MR) is 125 cm³/mol. The highest BCUT2D eigenvalue weighted by Crippen LogP contribution is 2.34. The number of aromatic nitrogens is 1. The minimum Gasteiger partial charge on any atom is -0.611 e. The molecule has 0 radical (unpaired) electrons. The first-order valence-corrected chi connectivity index (χ1v) is 13.1. The molecule has 2 atom stereocenters. The van der Waals surface area contributed by atoms with Crippen LogP contribution in [0.15, 0.2) is 52.4 Å². The van der Waals surface area contributed by atoms with Gasteiger partial charge in [0.2, 0.25) is 10.0 Å². The zero-order valence-electron chi connectivity index (χ0n) is 18.0. The molecule has 0 spiro atoms. The number of nitrogens with one attached hydrogen (secondary N) is 1. The molecule has 1 aliphatic heterocycles. The highest BCUT2D eigenvalue weighted by molar-refractivity contribution is 7.92. The van der Waals surface area contributed by atoms with Crippen molar-refractivity contribution in [2.45, 2.75) is 40.8 Å². The molecule has 1 unspecified atom stereocenters. The second kappa shape index (κ2) is 9.61. The van der Waals surface area contributed by atoms with Gasteiger partial charge in [-0.15, -0.1) is 5.92 Å². The first kappa shape index (κ1) is 23.4. The fourth-order valence-corrected chi connectivity index (χ4v) is 6.42. The molecule has 174 valence electrons. The van der Waals surface area contributed by atoms with Crippen molar-refractivity contribution in [1.82, 2.24) is 9.29 Å². The molecule has 1 aromatic heterocycles. The number of anilines is 2. The smallest absolute Gasteiger partial charge is 0.410 e. The number of amides is 1. The van der Waals surface area contributed by atoms with E-state index in [1.807, 2.05) is 24.3 Å². The van der Waals surface area contributed by atoms with Crippen LogP contribution in [0.25, 0.3) is 0 Å². The van der Waals surface area contributed by atoms with E-state index in [1.165, 1.54) is 16.4 Å². The van der Waals surface area contributed by atoms with Crippen LogP contribution in [0.2, 0.25) is 0 Å². The molecule has 33 heavy (non-hydrogen) atoms. The molecule has 4 rings (SSSR count). The number of sulfonamides is 1. The van der Waals surface area contributed by atoms with Crippen LogP contribution in [-0.2, 0) is 21.2 Å². The van der Waals surface area contributed by atoms with Crippen LogP contribution in [0.3, 0.4) is 0 Å². The van der Waals surface area contributed by atoms with E-state index in [0.29, 0.717) is 6.54 Å². The van der Waals surface area contributed by atoms with Gasteiger partial charge in [-0.1, -0.05) is 5.92 Å². The highest BCUT2D eigenvalue weighted by atomic mass is 32.2. The van der Waals surface area contributed by atoms with Gasteiger partial charge in [0.15, 0.2) is 4.90 Å². The fraction of sp³-hybridized carbons (Fsp3) is 0.364. The summed E-state index contributed by atoms with van der Waals surface area (Å²) in [5.74, 6) is 6.04. The monoisotopic (exact) mass is 488 g/mol. The Labute approximate surface area is 196 Å². The Morgan fingerprint density at radius 2 is 1.94 bits per heavy atom. The number of nitrogens with zero attached hydrogens (tertiary/aromatic N) is 3. The molecule has 2 heterocycles. The van der Waals surface area contributed by atoms with E-state index in [2.05, 4.69) is 27.0 Å². The summed E-state index contributed by atoms with van der Waals surface area (Å²) in [4.78, 5) is 17.5. The minimum atomic E-state index is -3.82. The van der Waals surface area contributed by atoms with Crippen molar-refractivity contribution >= 4 is 38.8 Å². The molecule has 1 saturated carbocycles. The Morgan fingerprint density at radius 3 is 2.52 bits per heavy atom. The maximum atomic E-state index is 13.2. The standard InChI is InChI=1S/C22H24N4O5S2/c1-2-3-17-15-25(33(30,31)20-10-11-21(23-14-20)24-22(27)28)12-13-26(17)16-4-6-18(7-5-16)32(29)19-8-9-19/h4-7,10-11,14,17,19H,8-9,12-13,15H2,1H3,(H,23,24)(H,27,28)/t17-,32?/m0/s1. The molecule has 11 heteroatoms. The summed E-state index contributed by atoms with van der Waals surface area (Å²) in [7, 11) is -3.82. The lowest BCUT2D eigenvalue weighted by molar-refractivity contribution is 0.209. The molecule has 2 aromatic rings. The van der Waals surface area contributed by atoms with Crippen LogP contribution in [0.5, 0.6) is 0 Å². The van der Waals surface area contributed by atoms with Gasteiger partial charge in [0.1, 0.15) is 22.0 Å². The molecule has 1 saturated heterocycles. The van der Waals surface area contributed by atoms with Gasteiger partial charge in [-0.05, 0) is 54.5 Å². The third kappa shape index (κ3) is 5.25. The minimum absolute atomic E-state index is 0.0120. The molecule has 1 aliphatic carbocycles. The average molecular weight is 489 g/mol. The molecule has 1 aromatic carbocycles. The van der Waals surface area contributed by atoms with E-state index in [1.54, 1.807) is 6.92 Å². The van der Waals surface area contributed by atoms with Gasteiger partial charge in [0.05, 0.1) is 0 Å². The Morgan fingerprint density at radius 1 is 1.21 bits per heavy atom. The van der Waals surface area contributed by atoms with Crippen molar-refractivity contribution in [2.75, 3.05) is 29.9 Å². The zero-order valence-corrected chi connectivity index (χ0v) is 19.6. The van der Waals surface area contributed by atoms with E-state index in [0.717, 1.165) is 29.6 Å².